The van der Waals surface area contributed by atoms with Gasteiger partial charge in [0.15, 0.2) is 0 Å². The summed E-state index contributed by atoms with van der Waals surface area (Å²) in [7, 11) is 3.65. The summed E-state index contributed by atoms with van der Waals surface area (Å²) < 4.78 is 0. The Morgan fingerprint density at radius 3 is 2.80 bits per heavy atom. The molecule has 0 spiro atoms. The summed E-state index contributed by atoms with van der Waals surface area (Å²) in [5.41, 5.74) is 0. The van der Waals surface area contributed by atoms with E-state index in [4.69, 9.17) is 0 Å². The molecular weight excluding hydrogens is 124 g/mol. The Morgan fingerprint density at radius 1 is 1.40 bits per heavy atom. The molecule has 0 fully saturated rings. The summed E-state index contributed by atoms with van der Waals surface area (Å²) in [6, 6.07) is 0. The van der Waals surface area contributed by atoms with Gasteiger partial charge >= 0.3 is 0 Å². The van der Waals surface area contributed by atoms with Gasteiger partial charge in [-0.25, -0.2) is 0 Å². The van der Waals surface area contributed by atoms with Crippen molar-refractivity contribution in [2.24, 2.45) is 4.99 Å². The lowest BCUT2D eigenvalue weighted by Crippen LogP contribution is -1.89. The Balaban J connectivity index is 3.28. The van der Waals surface area contributed by atoms with Gasteiger partial charge in [0, 0.05) is 26.7 Å². The molecule has 56 valence electrons. The van der Waals surface area contributed by atoms with Gasteiger partial charge in [-0.05, 0) is 12.3 Å². The highest BCUT2D eigenvalue weighted by Crippen LogP contribution is 1.79. The van der Waals surface area contributed by atoms with Crippen molar-refractivity contribution in [2.75, 3.05) is 14.1 Å². The molecule has 0 aromatic heterocycles. The van der Waals surface area contributed by atoms with Crippen LogP contribution in [0.1, 0.15) is 6.42 Å². The third-order valence-corrected chi connectivity index (χ3v) is 0.934. The lowest BCUT2D eigenvalue weighted by Gasteiger charge is -1.80. The van der Waals surface area contributed by atoms with Crippen LogP contribution in [0.3, 0.4) is 0 Å². The lowest BCUT2D eigenvalue weighted by atomic mass is 10.4. The van der Waals surface area contributed by atoms with E-state index in [-0.39, 0.29) is 0 Å². The summed E-state index contributed by atoms with van der Waals surface area (Å²) in [5.74, 6) is 0. The Morgan fingerprint density at radius 2 is 2.20 bits per heavy atom. The fourth-order valence-electron chi connectivity index (χ4n) is 0.475. The molecule has 0 saturated heterocycles. The molecule has 0 aromatic carbocycles. The molecule has 1 N–H and O–H groups in total. The Labute approximate surface area is 62.4 Å². The van der Waals surface area contributed by atoms with Gasteiger partial charge in [0.05, 0.1) is 0 Å². The largest absolute Gasteiger partial charge is 0.394 e. The van der Waals surface area contributed by atoms with Crippen LogP contribution in [0, 0.1) is 0 Å². The van der Waals surface area contributed by atoms with Crippen LogP contribution < -0.4 is 5.32 Å². The van der Waals surface area contributed by atoms with Crippen molar-refractivity contribution in [3.05, 3.63) is 24.4 Å². The molecule has 0 aromatic rings. The van der Waals surface area contributed by atoms with E-state index in [0.29, 0.717) is 0 Å². The number of hydrogen-bond acceptors (Lipinski definition) is 2. The summed E-state index contributed by atoms with van der Waals surface area (Å²) in [5, 5.41) is 2.89. The predicted molar refractivity (Wildman–Crippen MR) is 46.4 cm³/mol. The fourth-order valence-corrected chi connectivity index (χ4v) is 0.475. The zero-order chi connectivity index (χ0) is 7.66. The van der Waals surface area contributed by atoms with E-state index >= 15 is 0 Å². The van der Waals surface area contributed by atoms with Gasteiger partial charge in [0.2, 0.25) is 0 Å². The van der Waals surface area contributed by atoms with Gasteiger partial charge in [0.1, 0.15) is 0 Å². The average Bonchev–Trinajstić information content (AvgIpc) is 1.97. The van der Waals surface area contributed by atoms with Gasteiger partial charge in [-0.15, -0.1) is 0 Å². The van der Waals surface area contributed by atoms with Crippen molar-refractivity contribution in [1.82, 2.24) is 5.32 Å². The van der Waals surface area contributed by atoms with E-state index in [9.17, 15) is 0 Å². The molecule has 0 unspecified atom stereocenters. The fraction of sp³-hybridized carbons (Fsp3) is 0.375. The van der Waals surface area contributed by atoms with Crippen molar-refractivity contribution < 1.29 is 0 Å². The minimum Gasteiger partial charge on any atom is -0.394 e. The smallest absolute Gasteiger partial charge is 0.0273 e. The first-order valence-corrected chi connectivity index (χ1v) is 3.31. The standard InChI is InChI=1S/C8H14N2/c1-9-7-5-3-4-6-8-10-2/h3-5,7-9H,6H2,1-2H3. The lowest BCUT2D eigenvalue weighted by molar-refractivity contribution is 1.10. The van der Waals surface area contributed by atoms with E-state index in [2.05, 4.69) is 10.3 Å². The molecule has 0 heterocycles. The van der Waals surface area contributed by atoms with Crippen LogP contribution >= 0.6 is 0 Å². The molecule has 2 nitrogen and oxygen atoms in total. The highest BCUT2D eigenvalue weighted by atomic mass is 14.8. The van der Waals surface area contributed by atoms with Crippen molar-refractivity contribution >= 4 is 6.21 Å². The molecule has 0 amide bonds. The highest BCUT2D eigenvalue weighted by molar-refractivity contribution is 5.59. The van der Waals surface area contributed by atoms with Gasteiger partial charge in [-0.2, -0.15) is 0 Å². The molecule has 10 heavy (non-hydrogen) atoms. The van der Waals surface area contributed by atoms with Gasteiger partial charge in [0.25, 0.3) is 0 Å². The number of hydrogen-bond donors (Lipinski definition) is 1. The second-order valence-electron chi connectivity index (χ2n) is 1.75. The van der Waals surface area contributed by atoms with Crippen molar-refractivity contribution in [2.45, 2.75) is 6.42 Å². The second kappa shape index (κ2) is 7.95. The SMILES string of the molecule is CN=CCC=CC=CNC. The van der Waals surface area contributed by atoms with Gasteiger partial charge in [-0.3, -0.25) is 0 Å². The Kier molecular flexibility index (Phi) is 7.12. The number of nitrogens with one attached hydrogen (secondary N) is 1. The summed E-state index contributed by atoms with van der Waals surface area (Å²) in [6.07, 6.45) is 10.6. The summed E-state index contributed by atoms with van der Waals surface area (Å²) in [4.78, 5) is 3.84. The Hall–Kier alpha value is -1.05. The maximum Gasteiger partial charge on any atom is 0.0273 e. The first-order chi connectivity index (χ1) is 4.91. The monoisotopic (exact) mass is 138 g/mol. The van der Waals surface area contributed by atoms with Crippen LogP contribution in [0.15, 0.2) is 29.4 Å². The normalized spacial score (nSPS) is 12.2. The maximum absolute atomic E-state index is 3.84. The minimum atomic E-state index is 0.907. The second-order valence-corrected chi connectivity index (χ2v) is 1.75. The molecule has 0 saturated carbocycles. The number of aliphatic imine (C=N–C) groups is 1. The van der Waals surface area contributed by atoms with E-state index in [1.165, 1.54) is 0 Å². The third kappa shape index (κ3) is 6.95. The molecule has 0 aliphatic carbocycles. The molecule has 0 bridgehead atoms. The third-order valence-electron chi connectivity index (χ3n) is 0.934. The van der Waals surface area contributed by atoms with E-state index in [1.807, 2.05) is 37.7 Å². The molecule has 2 heteroatoms. The van der Waals surface area contributed by atoms with Crippen LogP contribution in [0.5, 0.6) is 0 Å². The average molecular weight is 138 g/mol. The zero-order valence-electron chi connectivity index (χ0n) is 6.54. The van der Waals surface area contributed by atoms with Crippen LogP contribution in [0.4, 0.5) is 0 Å². The summed E-state index contributed by atoms with van der Waals surface area (Å²) >= 11 is 0. The van der Waals surface area contributed by atoms with Crippen LogP contribution in [-0.2, 0) is 0 Å². The quantitative estimate of drug-likeness (QED) is 0.460. The molecule has 0 atom stereocenters. The van der Waals surface area contributed by atoms with Crippen molar-refractivity contribution in [3.8, 4) is 0 Å². The topological polar surface area (TPSA) is 24.4 Å². The molecule has 0 rings (SSSR count). The highest BCUT2D eigenvalue weighted by Gasteiger charge is 1.66. The van der Waals surface area contributed by atoms with Crippen LogP contribution in [-0.4, -0.2) is 20.3 Å². The van der Waals surface area contributed by atoms with Gasteiger partial charge in [-0.1, -0.05) is 12.2 Å². The molecule has 0 aliphatic heterocycles. The maximum atomic E-state index is 3.84. The number of nitrogens with zero attached hydrogens (tertiary/aromatic N) is 1. The van der Waals surface area contributed by atoms with Gasteiger partial charge < -0.3 is 10.3 Å². The van der Waals surface area contributed by atoms with Crippen LogP contribution in [0.25, 0.3) is 0 Å². The number of rotatable bonds is 4. The first kappa shape index (κ1) is 8.95. The predicted octanol–water partition coefficient (Wildman–Crippen LogP) is 1.37. The Bertz CT molecular complexity index is 134. The molecule has 0 radical (unpaired) electrons. The van der Waals surface area contributed by atoms with Crippen LogP contribution in [0.2, 0.25) is 0 Å². The van der Waals surface area contributed by atoms with E-state index in [0.717, 1.165) is 6.42 Å². The first-order valence-electron chi connectivity index (χ1n) is 3.31. The minimum absolute atomic E-state index is 0.907. The van der Waals surface area contributed by atoms with E-state index in [1.54, 1.807) is 7.05 Å². The van der Waals surface area contributed by atoms with Crippen molar-refractivity contribution in [1.29, 1.82) is 0 Å². The molecular formula is C8H14N2. The van der Waals surface area contributed by atoms with E-state index < -0.39 is 0 Å². The zero-order valence-corrected chi connectivity index (χ0v) is 6.54. The van der Waals surface area contributed by atoms with Crippen molar-refractivity contribution in [3.63, 3.8) is 0 Å². The summed E-state index contributed by atoms with van der Waals surface area (Å²) in [6.45, 7) is 0. The molecule has 0 aliphatic rings. The number of allylic oxidation sites excluding steroid dienone is 3.